The van der Waals surface area contributed by atoms with E-state index in [0.29, 0.717) is 51.4 Å². The number of carbonyl (C=O) groups excluding carboxylic acids is 8. The Balaban J connectivity index is 1.16. The summed E-state index contributed by atoms with van der Waals surface area (Å²) in [5, 5.41) is 11.8. The molecule has 1 heterocycles. The first-order valence-electron chi connectivity index (χ1n) is 20.7. The van der Waals surface area contributed by atoms with Crippen molar-refractivity contribution in [3.05, 3.63) is 0 Å². The predicted molar refractivity (Wildman–Crippen MR) is 225 cm³/mol. The van der Waals surface area contributed by atoms with Gasteiger partial charge in [-0.1, -0.05) is 43.2 Å². The zero-order valence-electron chi connectivity index (χ0n) is 34.5. The van der Waals surface area contributed by atoms with Crippen molar-refractivity contribution >= 4 is 90.7 Å². The van der Waals surface area contributed by atoms with Crippen LogP contribution in [0.3, 0.4) is 0 Å². The van der Waals surface area contributed by atoms with E-state index in [0.717, 1.165) is 12.8 Å². The summed E-state index contributed by atoms with van der Waals surface area (Å²) in [5.41, 5.74) is -3.59. The van der Waals surface area contributed by atoms with Gasteiger partial charge in [0.15, 0.2) is 0 Å². The van der Waals surface area contributed by atoms with Gasteiger partial charge in [0.25, 0.3) is 0 Å². The van der Waals surface area contributed by atoms with Gasteiger partial charge in [-0.2, -0.15) is 0 Å². The molecule has 8 bridgehead atoms. The lowest BCUT2D eigenvalue weighted by Gasteiger charge is -2.60. The molecule has 4 unspecified atom stereocenters. The molecule has 9 fully saturated rings. The lowest BCUT2D eigenvalue weighted by molar-refractivity contribution is -0.170. The van der Waals surface area contributed by atoms with Gasteiger partial charge in [-0.25, -0.2) is 19.2 Å². The first-order valence-corrected chi connectivity index (χ1v) is 25.6. The van der Waals surface area contributed by atoms with Crippen molar-refractivity contribution in [1.82, 2.24) is 21.3 Å². The van der Waals surface area contributed by atoms with Crippen LogP contribution in [-0.4, -0.2) is 123 Å². The highest BCUT2D eigenvalue weighted by molar-refractivity contribution is 8.77. The Morgan fingerprint density at radius 3 is 0.800 bits per heavy atom. The Kier molecular flexibility index (Phi) is 13.6. The van der Waals surface area contributed by atoms with Gasteiger partial charge in [-0.3, -0.25) is 19.2 Å². The average Bonchev–Trinajstić information content (AvgIpc) is 3.21. The lowest BCUT2D eigenvalue weighted by atomic mass is 9.43. The number of nitrogens with one attached hydrogen (secondary N) is 4. The van der Waals surface area contributed by atoms with Crippen LogP contribution in [0.15, 0.2) is 0 Å². The maximum atomic E-state index is 14.4. The molecule has 60 heavy (non-hydrogen) atoms. The normalized spacial score (nSPS) is 40.9. The molecule has 4 atom stereocenters. The van der Waals surface area contributed by atoms with Crippen LogP contribution in [0.4, 0.5) is 0 Å². The van der Waals surface area contributed by atoms with E-state index in [1.807, 2.05) is 0 Å². The molecule has 1 saturated heterocycles. The number of carbonyl (C=O) groups is 8. The minimum absolute atomic E-state index is 0.105. The summed E-state index contributed by atoms with van der Waals surface area (Å²) in [6, 6.07) is -4.08. The Labute approximate surface area is 365 Å². The summed E-state index contributed by atoms with van der Waals surface area (Å²) in [6.07, 6.45) is 6.95. The molecule has 16 nitrogen and oxygen atoms in total. The molecule has 4 N–H and O–H groups in total. The van der Waals surface area contributed by atoms with E-state index in [4.69, 9.17) is 18.9 Å². The summed E-state index contributed by atoms with van der Waals surface area (Å²) in [5.74, 6) is -2.92. The van der Waals surface area contributed by atoms with Gasteiger partial charge in [0.05, 0.1) is 50.1 Å². The zero-order valence-corrected chi connectivity index (χ0v) is 37.7. The Hall–Kier alpha value is -2.84. The number of rotatable bonds is 4. The van der Waals surface area contributed by atoms with Crippen LogP contribution in [0.25, 0.3) is 0 Å². The fourth-order valence-corrected chi connectivity index (χ4v) is 17.1. The second-order valence-electron chi connectivity index (χ2n) is 18.4. The molecule has 0 aromatic rings. The monoisotopic (exact) mass is 912 g/mol. The van der Waals surface area contributed by atoms with Crippen molar-refractivity contribution < 1.29 is 57.3 Å². The molecule has 4 amide bonds. The van der Waals surface area contributed by atoms with E-state index in [2.05, 4.69) is 21.3 Å². The summed E-state index contributed by atoms with van der Waals surface area (Å²) >= 11 is 0. The third-order valence-electron chi connectivity index (χ3n) is 14.3. The number of methoxy groups -OCH3 is 4. The largest absolute Gasteiger partial charge is 0.467 e. The highest BCUT2D eigenvalue weighted by Crippen LogP contribution is 2.67. The molecular weight excluding hydrogens is 857 g/mol. The molecule has 8 saturated carbocycles. The van der Waals surface area contributed by atoms with Gasteiger partial charge in [-0.15, -0.1) is 0 Å². The van der Waals surface area contributed by atoms with Crippen molar-refractivity contribution in [3.63, 3.8) is 0 Å². The molecule has 8 aliphatic carbocycles. The lowest BCUT2D eigenvalue weighted by Crippen LogP contribution is -2.63. The third kappa shape index (κ3) is 8.86. The van der Waals surface area contributed by atoms with Crippen LogP contribution in [0, 0.1) is 45.3 Å². The summed E-state index contributed by atoms with van der Waals surface area (Å²) in [6.45, 7) is 0. The second kappa shape index (κ2) is 18.1. The van der Waals surface area contributed by atoms with E-state index in [1.54, 1.807) is 0 Å². The molecule has 4 spiro atoms. The van der Waals surface area contributed by atoms with Crippen LogP contribution < -0.4 is 21.3 Å². The third-order valence-corrected chi connectivity index (χ3v) is 19.2. The van der Waals surface area contributed by atoms with Crippen molar-refractivity contribution in [2.75, 3.05) is 51.5 Å². The quantitative estimate of drug-likeness (QED) is 0.181. The molecule has 1 aliphatic heterocycles. The first-order chi connectivity index (χ1) is 28.6. The molecule has 9 aliphatic rings. The number of hydrogen-bond acceptors (Lipinski definition) is 16. The van der Waals surface area contributed by atoms with Crippen LogP contribution in [-0.2, 0) is 57.3 Å². The van der Waals surface area contributed by atoms with E-state index in [1.165, 1.54) is 71.6 Å². The number of amides is 4. The van der Waals surface area contributed by atoms with Crippen molar-refractivity contribution in [1.29, 1.82) is 0 Å². The van der Waals surface area contributed by atoms with E-state index < -0.39 is 69.7 Å². The van der Waals surface area contributed by atoms with E-state index in [9.17, 15) is 38.4 Å². The average molecular weight is 913 g/mol. The highest BCUT2D eigenvalue weighted by atomic mass is 33.1. The topological polar surface area (TPSA) is 222 Å². The number of esters is 4. The molecule has 332 valence electrons. The fourth-order valence-electron chi connectivity index (χ4n) is 12.5. The smallest absolute Gasteiger partial charge is 0.329 e. The van der Waals surface area contributed by atoms with Gasteiger partial charge in [0.1, 0.15) is 24.2 Å². The minimum atomic E-state index is -1.02. The van der Waals surface area contributed by atoms with Crippen LogP contribution >= 0.6 is 43.2 Å². The standard InChI is InChI=1S/C40H56N4O12S4/c1-53-29(45)25-15-57-58-16-26(30(46)54-2)42-35(51)39-11-23-6-24(12-39)14-40(13-23,20-39)36(52)44-28(32(48)56-4)18-60-59-17-27(31(47)55-3)43-34(50)38-9-21-5-22(10-38)8-37(7-21,19-38)33(49)41-25/h21-28H,5-20H2,1-4H3,(H,41,49)(H,42,51)(H,43,50)(H,44,52). The fraction of sp³-hybridized carbons (Fsp3) is 0.800. The minimum Gasteiger partial charge on any atom is -0.467 e. The van der Waals surface area contributed by atoms with Crippen molar-refractivity contribution in [2.24, 2.45) is 45.3 Å². The number of ether oxygens (including phenoxy) is 4. The highest BCUT2D eigenvalue weighted by Gasteiger charge is 2.65. The van der Waals surface area contributed by atoms with Gasteiger partial charge < -0.3 is 40.2 Å². The maximum Gasteiger partial charge on any atom is 0.329 e. The molecule has 20 heteroatoms. The van der Waals surface area contributed by atoms with Crippen LogP contribution in [0.1, 0.15) is 77.0 Å². The maximum absolute atomic E-state index is 14.4. The SMILES string of the molecule is COC(=O)C1CSSCC(C(=O)OC)NC(=O)C23CC4CC(C2)CC(C4)(C3)C(=O)NC(C(=O)OC)CSSCC(C(=O)OC)NC(=O)C23CC4CC(CC(C4)(C2)C(=O)N1)C3. The summed E-state index contributed by atoms with van der Waals surface area (Å²) in [7, 11) is 9.98. The van der Waals surface area contributed by atoms with Crippen molar-refractivity contribution in [3.8, 4) is 0 Å². The Morgan fingerprint density at radius 2 is 0.617 bits per heavy atom. The Bertz CT molecular complexity index is 1500. The van der Waals surface area contributed by atoms with E-state index in [-0.39, 0.29) is 83.2 Å². The van der Waals surface area contributed by atoms with Crippen LogP contribution in [0.2, 0.25) is 0 Å². The predicted octanol–water partition coefficient (Wildman–Crippen LogP) is 2.57. The summed E-state index contributed by atoms with van der Waals surface area (Å²) < 4.78 is 20.4. The molecule has 9 rings (SSSR count). The van der Waals surface area contributed by atoms with Gasteiger partial charge in [-0.05, 0) is 101 Å². The van der Waals surface area contributed by atoms with Gasteiger partial charge in [0.2, 0.25) is 23.6 Å². The molecular formula is C40H56N4O12S4. The molecule has 0 aromatic carbocycles. The first kappa shape index (κ1) is 45.2. The molecule has 0 aromatic heterocycles. The van der Waals surface area contributed by atoms with Gasteiger partial charge >= 0.3 is 23.9 Å². The zero-order chi connectivity index (χ0) is 43.0. The van der Waals surface area contributed by atoms with Crippen LogP contribution in [0.5, 0.6) is 0 Å². The summed E-state index contributed by atoms with van der Waals surface area (Å²) in [4.78, 5) is 110. The second-order valence-corrected chi connectivity index (χ2v) is 23.5. The van der Waals surface area contributed by atoms with E-state index >= 15 is 0 Å². The number of hydrogen-bond donors (Lipinski definition) is 4. The van der Waals surface area contributed by atoms with Gasteiger partial charge in [0, 0.05) is 23.0 Å². The van der Waals surface area contributed by atoms with Crippen molar-refractivity contribution in [2.45, 2.75) is 101 Å². The Morgan fingerprint density at radius 1 is 0.417 bits per heavy atom. The molecule has 0 radical (unpaired) electrons.